The van der Waals surface area contributed by atoms with Gasteiger partial charge in [-0.3, -0.25) is 0 Å². The highest BCUT2D eigenvalue weighted by atomic mass is 35.5. The average molecular weight is 359 g/mol. The second kappa shape index (κ2) is 7.38. The fraction of sp³-hybridized carbons (Fsp3) is 0.188. The molecule has 21 heavy (non-hydrogen) atoms. The summed E-state index contributed by atoms with van der Waals surface area (Å²) in [6.07, 6.45) is 1.30. The third kappa shape index (κ3) is 4.28. The standard InChI is InChI=1S/C16H11Cl4N/c17-12-4-3-10(15(19)7-12)1-2-11(9-21)14-6-5-13(18)8-16(14)20/h3-8,11H,1-2H2/t11-/m0/s1. The van der Waals surface area contributed by atoms with E-state index in [0.717, 1.165) is 11.1 Å². The van der Waals surface area contributed by atoms with Crippen LogP contribution in [0.5, 0.6) is 0 Å². The van der Waals surface area contributed by atoms with Gasteiger partial charge in [0.15, 0.2) is 0 Å². The molecule has 0 fully saturated rings. The van der Waals surface area contributed by atoms with Crippen LogP contribution in [0.1, 0.15) is 23.5 Å². The van der Waals surface area contributed by atoms with Crippen molar-refractivity contribution in [3.63, 3.8) is 0 Å². The van der Waals surface area contributed by atoms with Crippen LogP contribution < -0.4 is 0 Å². The zero-order valence-corrected chi connectivity index (χ0v) is 13.9. The Kier molecular flexibility index (Phi) is 5.79. The van der Waals surface area contributed by atoms with Crippen LogP contribution in [0.2, 0.25) is 20.1 Å². The Morgan fingerprint density at radius 3 is 2.10 bits per heavy atom. The second-order valence-electron chi connectivity index (χ2n) is 4.62. The number of nitriles is 1. The van der Waals surface area contributed by atoms with Crippen molar-refractivity contribution >= 4 is 46.4 Å². The average Bonchev–Trinajstić information content (AvgIpc) is 2.43. The molecule has 0 aliphatic rings. The topological polar surface area (TPSA) is 23.8 Å². The van der Waals surface area contributed by atoms with E-state index in [9.17, 15) is 5.26 Å². The van der Waals surface area contributed by atoms with Gasteiger partial charge >= 0.3 is 0 Å². The van der Waals surface area contributed by atoms with E-state index in [2.05, 4.69) is 6.07 Å². The van der Waals surface area contributed by atoms with Crippen molar-refractivity contribution in [2.45, 2.75) is 18.8 Å². The molecule has 0 saturated heterocycles. The van der Waals surface area contributed by atoms with Crippen molar-refractivity contribution in [1.29, 1.82) is 5.26 Å². The molecule has 0 amide bonds. The van der Waals surface area contributed by atoms with E-state index in [1.54, 1.807) is 30.3 Å². The van der Waals surface area contributed by atoms with Crippen molar-refractivity contribution in [2.75, 3.05) is 0 Å². The van der Waals surface area contributed by atoms with Gasteiger partial charge in [-0.1, -0.05) is 58.5 Å². The molecule has 1 nitrogen and oxygen atoms in total. The Morgan fingerprint density at radius 2 is 1.52 bits per heavy atom. The number of aryl methyl sites for hydroxylation is 1. The normalized spacial score (nSPS) is 12.0. The van der Waals surface area contributed by atoms with Gasteiger partial charge in [0.05, 0.1) is 12.0 Å². The quantitative estimate of drug-likeness (QED) is 0.608. The first-order chi connectivity index (χ1) is 10.0. The maximum absolute atomic E-state index is 9.37. The molecule has 0 saturated carbocycles. The Morgan fingerprint density at radius 1 is 0.905 bits per heavy atom. The van der Waals surface area contributed by atoms with E-state index in [1.165, 1.54) is 0 Å². The smallest absolute Gasteiger partial charge is 0.0730 e. The van der Waals surface area contributed by atoms with E-state index in [-0.39, 0.29) is 5.92 Å². The molecule has 0 spiro atoms. The van der Waals surface area contributed by atoms with Crippen LogP contribution in [0, 0.1) is 11.3 Å². The van der Waals surface area contributed by atoms with E-state index in [1.807, 2.05) is 6.07 Å². The maximum Gasteiger partial charge on any atom is 0.0730 e. The van der Waals surface area contributed by atoms with Crippen LogP contribution >= 0.6 is 46.4 Å². The third-order valence-corrected chi connectivity index (χ3v) is 4.36. The Labute approximate surface area is 144 Å². The third-order valence-electron chi connectivity index (χ3n) is 3.21. The molecule has 0 aromatic heterocycles. The summed E-state index contributed by atoms with van der Waals surface area (Å²) in [5, 5.41) is 11.6. The SMILES string of the molecule is N#C[C@H](CCc1ccc(Cl)cc1Cl)c1ccc(Cl)cc1Cl. The number of rotatable bonds is 4. The summed E-state index contributed by atoms with van der Waals surface area (Å²) in [5.74, 6) is -0.304. The van der Waals surface area contributed by atoms with Gasteiger partial charge in [-0.25, -0.2) is 0 Å². The van der Waals surface area contributed by atoms with Crippen molar-refractivity contribution in [2.24, 2.45) is 0 Å². The molecular weight excluding hydrogens is 348 g/mol. The molecule has 0 bridgehead atoms. The lowest BCUT2D eigenvalue weighted by Crippen LogP contribution is -2.00. The van der Waals surface area contributed by atoms with E-state index in [4.69, 9.17) is 46.4 Å². The molecule has 0 aliphatic heterocycles. The first-order valence-electron chi connectivity index (χ1n) is 6.29. The molecule has 2 rings (SSSR count). The Bertz CT molecular complexity index is 691. The van der Waals surface area contributed by atoms with Gasteiger partial charge in [-0.05, 0) is 48.2 Å². The van der Waals surface area contributed by atoms with Gasteiger partial charge < -0.3 is 0 Å². The van der Waals surface area contributed by atoms with Gasteiger partial charge in [0, 0.05) is 20.1 Å². The van der Waals surface area contributed by atoms with Crippen LogP contribution in [-0.2, 0) is 6.42 Å². The molecule has 2 aromatic carbocycles. The van der Waals surface area contributed by atoms with E-state index in [0.29, 0.717) is 32.9 Å². The minimum Gasteiger partial charge on any atom is -0.198 e. The summed E-state index contributed by atoms with van der Waals surface area (Å²) in [6, 6.07) is 12.8. The monoisotopic (exact) mass is 357 g/mol. The number of halogens is 4. The Balaban J connectivity index is 2.15. The summed E-state index contributed by atoms with van der Waals surface area (Å²) in [5.41, 5.74) is 1.75. The largest absolute Gasteiger partial charge is 0.198 e. The number of hydrogen-bond donors (Lipinski definition) is 0. The van der Waals surface area contributed by atoms with Crippen molar-refractivity contribution in [3.05, 3.63) is 67.6 Å². The van der Waals surface area contributed by atoms with Crippen molar-refractivity contribution in [1.82, 2.24) is 0 Å². The second-order valence-corrected chi connectivity index (χ2v) is 6.31. The predicted molar refractivity (Wildman–Crippen MR) is 89.6 cm³/mol. The fourth-order valence-electron chi connectivity index (χ4n) is 2.10. The molecule has 0 aliphatic carbocycles. The molecule has 5 heteroatoms. The molecule has 108 valence electrons. The zero-order valence-electron chi connectivity index (χ0n) is 10.9. The first-order valence-corrected chi connectivity index (χ1v) is 7.81. The minimum atomic E-state index is -0.304. The van der Waals surface area contributed by atoms with Crippen LogP contribution in [0.15, 0.2) is 36.4 Å². The summed E-state index contributed by atoms with van der Waals surface area (Å²) in [7, 11) is 0. The summed E-state index contributed by atoms with van der Waals surface area (Å²) < 4.78 is 0. The van der Waals surface area contributed by atoms with Crippen LogP contribution in [0.25, 0.3) is 0 Å². The van der Waals surface area contributed by atoms with Gasteiger partial charge in [0.2, 0.25) is 0 Å². The lowest BCUT2D eigenvalue weighted by atomic mass is 9.93. The van der Waals surface area contributed by atoms with Crippen molar-refractivity contribution < 1.29 is 0 Å². The maximum atomic E-state index is 9.37. The molecule has 0 heterocycles. The molecule has 2 aromatic rings. The number of nitrogens with zero attached hydrogens (tertiary/aromatic N) is 1. The molecule has 0 unspecified atom stereocenters. The zero-order chi connectivity index (χ0) is 15.4. The highest BCUT2D eigenvalue weighted by Crippen LogP contribution is 2.31. The summed E-state index contributed by atoms with van der Waals surface area (Å²) in [6.45, 7) is 0. The van der Waals surface area contributed by atoms with Gasteiger partial charge in [0.25, 0.3) is 0 Å². The molecular formula is C16H11Cl4N. The van der Waals surface area contributed by atoms with Crippen LogP contribution in [-0.4, -0.2) is 0 Å². The molecule has 1 atom stereocenters. The highest BCUT2D eigenvalue weighted by Gasteiger charge is 2.15. The first kappa shape index (κ1) is 16.5. The summed E-state index contributed by atoms with van der Waals surface area (Å²) in [4.78, 5) is 0. The summed E-state index contributed by atoms with van der Waals surface area (Å²) >= 11 is 24.0. The van der Waals surface area contributed by atoms with Crippen LogP contribution in [0.4, 0.5) is 0 Å². The fourth-order valence-corrected chi connectivity index (χ4v) is 3.14. The Hall–Kier alpha value is -0.910. The lowest BCUT2D eigenvalue weighted by Gasteiger charge is -2.12. The van der Waals surface area contributed by atoms with Crippen LogP contribution in [0.3, 0.4) is 0 Å². The van der Waals surface area contributed by atoms with Gasteiger partial charge in [-0.2, -0.15) is 5.26 Å². The molecule has 0 radical (unpaired) electrons. The minimum absolute atomic E-state index is 0.304. The number of benzene rings is 2. The van der Waals surface area contributed by atoms with E-state index < -0.39 is 0 Å². The predicted octanol–water partition coefficient (Wildman–Crippen LogP) is 6.54. The molecule has 0 N–H and O–H groups in total. The van der Waals surface area contributed by atoms with Gasteiger partial charge in [-0.15, -0.1) is 0 Å². The highest BCUT2D eigenvalue weighted by molar-refractivity contribution is 6.35. The number of hydrogen-bond acceptors (Lipinski definition) is 1. The lowest BCUT2D eigenvalue weighted by molar-refractivity contribution is 0.746. The van der Waals surface area contributed by atoms with E-state index >= 15 is 0 Å². The van der Waals surface area contributed by atoms with Gasteiger partial charge in [0.1, 0.15) is 0 Å². The van der Waals surface area contributed by atoms with Crippen molar-refractivity contribution in [3.8, 4) is 6.07 Å².